The van der Waals surface area contributed by atoms with Crippen LogP contribution < -0.4 is 10.0 Å². The molecule has 2 N–H and O–H groups in total. The summed E-state index contributed by atoms with van der Waals surface area (Å²) in [5.74, 6) is -2.97. The van der Waals surface area contributed by atoms with Crippen molar-refractivity contribution in [2.24, 2.45) is 28.1 Å². The van der Waals surface area contributed by atoms with E-state index < -0.39 is 37.8 Å². The number of amidine groups is 1. The number of halogens is 1. The van der Waals surface area contributed by atoms with E-state index >= 15 is 0 Å². The Balaban J connectivity index is 1.37. The Bertz CT molecular complexity index is 1660. The SMILES string of the molecule is Cc1cc(CN2C(=O)C(C3=NS(=O)(=O)c4c(CNS(C)(=O)=O)csc4N3)C(=O)[C@@H]3C4CCC(CC4)[C@@H]32)ccc1F. The number of benzene rings is 1. The van der Waals surface area contributed by atoms with Crippen LogP contribution in [0, 0.1) is 36.4 Å². The van der Waals surface area contributed by atoms with Crippen LogP contribution in [0.25, 0.3) is 0 Å². The van der Waals surface area contributed by atoms with Gasteiger partial charge in [0.1, 0.15) is 21.5 Å². The van der Waals surface area contributed by atoms with Crippen LogP contribution in [0.15, 0.2) is 32.9 Å². The number of nitrogens with zero attached hydrogens (tertiary/aromatic N) is 2. The molecule has 3 saturated carbocycles. The summed E-state index contributed by atoms with van der Waals surface area (Å²) in [5, 5.41) is 4.63. The molecule has 1 amide bonds. The Kier molecular flexibility index (Phi) is 6.67. The molecule has 14 heteroatoms. The van der Waals surface area contributed by atoms with Crippen LogP contribution in [0.2, 0.25) is 0 Å². The second-order valence-corrected chi connectivity index (χ2v) is 15.4. The van der Waals surface area contributed by atoms with Gasteiger partial charge in [-0.2, -0.15) is 8.42 Å². The highest BCUT2D eigenvalue weighted by atomic mass is 32.2. The van der Waals surface area contributed by atoms with E-state index in [0.29, 0.717) is 5.56 Å². The van der Waals surface area contributed by atoms with Crippen LogP contribution >= 0.6 is 11.3 Å². The highest BCUT2D eigenvalue weighted by Crippen LogP contribution is 2.51. The van der Waals surface area contributed by atoms with Gasteiger partial charge in [-0.15, -0.1) is 15.7 Å². The predicted octanol–water partition coefficient (Wildman–Crippen LogP) is 2.79. The van der Waals surface area contributed by atoms with Crippen LogP contribution in [0.4, 0.5) is 9.39 Å². The first kappa shape index (κ1) is 27.5. The molecule has 3 atom stereocenters. The molecular formula is C26H29FN4O6S3. The lowest BCUT2D eigenvalue weighted by atomic mass is 9.57. The van der Waals surface area contributed by atoms with Gasteiger partial charge in [0.25, 0.3) is 10.0 Å². The van der Waals surface area contributed by atoms with Gasteiger partial charge in [0.15, 0.2) is 11.7 Å². The molecule has 1 saturated heterocycles. The van der Waals surface area contributed by atoms with Gasteiger partial charge in [0.2, 0.25) is 15.9 Å². The van der Waals surface area contributed by atoms with E-state index in [1.54, 1.807) is 24.0 Å². The molecule has 1 unspecified atom stereocenters. The van der Waals surface area contributed by atoms with Crippen molar-refractivity contribution in [2.45, 2.75) is 56.6 Å². The number of carbonyl (C=O) groups is 2. The molecule has 1 aromatic carbocycles. The molecule has 2 bridgehead atoms. The van der Waals surface area contributed by atoms with E-state index in [9.17, 15) is 30.8 Å². The van der Waals surface area contributed by atoms with E-state index in [1.807, 2.05) is 0 Å². The smallest absolute Gasteiger partial charge is 0.287 e. The number of hydrogen-bond acceptors (Lipinski definition) is 8. The first-order valence-corrected chi connectivity index (χ1v) is 17.3. The van der Waals surface area contributed by atoms with Crippen LogP contribution in [0.3, 0.4) is 0 Å². The average molecular weight is 609 g/mol. The van der Waals surface area contributed by atoms with E-state index in [0.717, 1.165) is 48.8 Å². The van der Waals surface area contributed by atoms with Gasteiger partial charge in [-0.25, -0.2) is 17.5 Å². The number of thiophene rings is 1. The van der Waals surface area contributed by atoms with Gasteiger partial charge in [0, 0.05) is 30.6 Å². The summed E-state index contributed by atoms with van der Waals surface area (Å²) in [6, 6.07) is 4.39. The lowest BCUT2D eigenvalue weighted by Gasteiger charge is -2.55. The second kappa shape index (κ2) is 9.71. The molecule has 0 radical (unpaired) electrons. The highest BCUT2D eigenvalue weighted by Gasteiger charge is 2.58. The van der Waals surface area contributed by atoms with E-state index in [-0.39, 0.29) is 63.9 Å². The maximum atomic E-state index is 14.1. The summed E-state index contributed by atoms with van der Waals surface area (Å²) in [4.78, 5) is 29.6. The maximum Gasteiger partial charge on any atom is 0.287 e. The fraction of sp³-hybridized carbons (Fsp3) is 0.500. The number of amides is 1. The van der Waals surface area contributed by atoms with Crippen LogP contribution in [0.1, 0.15) is 42.4 Å². The number of Topliss-reactive ketones (excluding diaryl/α,β-unsaturated/α-hetero) is 1. The number of fused-ring (bicyclic) bond motifs is 3. The minimum atomic E-state index is -4.33. The summed E-state index contributed by atoms with van der Waals surface area (Å²) in [6.07, 6.45) is 4.58. The molecule has 40 heavy (non-hydrogen) atoms. The summed E-state index contributed by atoms with van der Waals surface area (Å²) >= 11 is 1.04. The Morgan fingerprint density at radius 2 is 1.88 bits per heavy atom. The third-order valence-corrected chi connectivity index (χ3v) is 11.7. The Hall–Kier alpha value is -2.68. The van der Waals surface area contributed by atoms with E-state index in [4.69, 9.17) is 0 Å². The molecule has 2 aromatic rings. The molecule has 7 rings (SSSR count). The minimum Gasteiger partial charge on any atom is -0.333 e. The Labute approximate surface area is 236 Å². The fourth-order valence-corrected chi connectivity index (χ4v) is 9.92. The number of aryl methyl sites for hydroxylation is 1. The van der Waals surface area contributed by atoms with Gasteiger partial charge < -0.3 is 10.2 Å². The zero-order valence-corrected chi connectivity index (χ0v) is 24.3. The van der Waals surface area contributed by atoms with E-state index in [2.05, 4.69) is 14.4 Å². The minimum absolute atomic E-state index is 0.0994. The van der Waals surface area contributed by atoms with Gasteiger partial charge in [-0.3, -0.25) is 9.59 Å². The van der Waals surface area contributed by atoms with Crippen molar-refractivity contribution in [3.8, 4) is 0 Å². The number of hydrogen-bond donors (Lipinski definition) is 2. The molecule has 214 valence electrons. The number of carbonyl (C=O) groups excluding carboxylic acids is 2. The van der Waals surface area contributed by atoms with Gasteiger partial charge in [-0.05, 0) is 67.0 Å². The van der Waals surface area contributed by atoms with Crippen LogP contribution in [-0.2, 0) is 42.7 Å². The first-order valence-electron chi connectivity index (χ1n) is 13.1. The molecule has 3 heterocycles. The second-order valence-electron chi connectivity index (χ2n) is 11.2. The lowest BCUT2D eigenvalue weighted by Crippen LogP contribution is -2.66. The molecule has 2 aliphatic heterocycles. The predicted molar refractivity (Wildman–Crippen MR) is 147 cm³/mol. The van der Waals surface area contributed by atoms with Crippen molar-refractivity contribution in [1.29, 1.82) is 0 Å². The Morgan fingerprint density at radius 3 is 2.55 bits per heavy atom. The average Bonchev–Trinajstić information content (AvgIpc) is 3.31. The highest BCUT2D eigenvalue weighted by molar-refractivity contribution is 7.91. The number of ketones is 1. The van der Waals surface area contributed by atoms with Crippen molar-refractivity contribution >= 4 is 53.9 Å². The molecule has 1 aromatic heterocycles. The summed E-state index contributed by atoms with van der Waals surface area (Å²) in [7, 11) is -7.90. The van der Waals surface area contributed by atoms with Gasteiger partial charge >= 0.3 is 0 Å². The van der Waals surface area contributed by atoms with Gasteiger partial charge in [0.05, 0.1) is 6.26 Å². The standard InChI is InChI=1S/C26H29FN4O6S3/c1-13-9-14(3-8-18(13)27)11-31-21-16-6-4-15(5-7-16)19(21)22(32)20(26(31)33)24-29-25-23(40(36,37)30-24)17(12-38-25)10-28-39(2,34)35/h3,8-9,12,15-16,19-21,28H,4-7,10-11H2,1-2H3,(H,29,30)/t15?,16?,19-,20?,21+/m1/s1. The third kappa shape index (κ3) is 4.68. The van der Waals surface area contributed by atoms with Crippen molar-refractivity contribution < 1.29 is 30.8 Å². The topological polar surface area (TPSA) is 142 Å². The monoisotopic (exact) mass is 608 g/mol. The molecule has 3 aliphatic carbocycles. The lowest BCUT2D eigenvalue weighted by molar-refractivity contribution is -0.162. The zero-order chi connectivity index (χ0) is 28.6. The number of anilines is 1. The van der Waals surface area contributed by atoms with E-state index in [1.165, 1.54) is 11.4 Å². The molecule has 10 nitrogen and oxygen atoms in total. The normalized spacial score (nSPS) is 29.0. The number of sulfonamides is 2. The molecule has 0 spiro atoms. The van der Waals surface area contributed by atoms with Gasteiger partial charge in [-0.1, -0.05) is 12.1 Å². The number of piperidine rings is 1. The Morgan fingerprint density at radius 1 is 1.18 bits per heavy atom. The van der Waals surface area contributed by atoms with Crippen molar-refractivity contribution in [3.63, 3.8) is 0 Å². The maximum absolute atomic E-state index is 14.1. The van der Waals surface area contributed by atoms with Crippen molar-refractivity contribution in [1.82, 2.24) is 9.62 Å². The quantitative estimate of drug-likeness (QED) is 0.481. The number of rotatable bonds is 6. The van der Waals surface area contributed by atoms with Crippen LogP contribution in [0.5, 0.6) is 0 Å². The summed E-state index contributed by atoms with van der Waals surface area (Å²) < 4.78 is 69.9. The van der Waals surface area contributed by atoms with Crippen LogP contribution in [-0.4, -0.2) is 51.6 Å². The summed E-state index contributed by atoms with van der Waals surface area (Å²) in [6.45, 7) is 1.59. The summed E-state index contributed by atoms with van der Waals surface area (Å²) in [5.41, 5.74) is 1.40. The van der Waals surface area contributed by atoms with Crippen molar-refractivity contribution in [3.05, 3.63) is 46.1 Å². The number of nitrogens with one attached hydrogen (secondary N) is 2. The first-order chi connectivity index (χ1) is 18.8. The number of likely N-dealkylation sites (tertiary alicyclic amines) is 1. The van der Waals surface area contributed by atoms with Crippen molar-refractivity contribution in [2.75, 3.05) is 11.6 Å². The zero-order valence-electron chi connectivity index (χ0n) is 21.9. The molecular weight excluding hydrogens is 580 g/mol. The largest absolute Gasteiger partial charge is 0.333 e. The fourth-order valence-electron chi connectivity index (χ4n) is 6.85. The molecule has 4 fully saturated rings. The molecule has 5 aliphatic rings. The third-order valence-electron chi connectivity index (χ3n) is 8.59.